The fraction of sp³-hybridized carbons (Fsp3) is 0. The van der Waals surface area contributed by atoms with Crippen LogP contribution in [0.3, 0.4) is 0 Å². The van der Waals surface area contributed by atoms with Crippen molar-refractivity contribution in [3.05, 3.63) is 60.0 Å². The van der Waals surface area contributed by atoms with E-state index in [1.54, 1.807) is 12.4 Å². The van der Waals surface area contributed by atoms with Gasteiger partial charge < -0.3 is 4.57 Å². The molecule has 0 saturated carbocycles. The van der Waals surface area contributed by atoms with E-state index in [9.17, 15) is 0 Å². The monoisotopic (exact) mass is 228 g/mol. The third-order valence-electron chi connectivity index (χ3n) is 2.61. The van der Waals surface area contributed by atoms with Crippen LogP contribution in [-0.4, -0.2) is 9.55 Å². The molecule has 2 heterocycles. The van der Waals surface area contributed by atoms with Crippen molar-refractivity contribution >= 4 is 22.5 Å². The van der Waals surface area contributed by atoms with Crippen molar-refractivity contribution in [3.63, 3.8) is 0 Å². The molecule has 0 fully saturated rings. The number of para-hydroxylation sites is 1. The van der Waals surface area contributed by atoms with E-state index in [-0.39, 0.29) is 0 Å². The molecule has 2 nitrogen and oxygen atoms in total. The zero-order chi connectivity index (χ0) is 11.0. The van der Waals surface area contributed by atoms with Crippen molar-refractivity contribution in [2.24, 2.45) is 0 Å². The van der Waals surface area contributed by atoms with Crippen LogP contribution in [0.15, 0.2) is 55.0 Å². The van der Waals surface area contributed by atoms with Crippen molar-refractivity contribution in [3.8, 4) is 5.69 Å². The van der Waals surface area contributed by atoms with Gasteiger partial charge in [0.15, 0.2) is 0 Å². The normalized spacial score (nSPS) is 10.8. The largest absolute Gasteiger partial charge is 0.315 e. The Hall–Kier alpha value is -1.80. The van der Waals surface area contributed by atoms with E-state index in [0.717, 1.165) is 11.2 Å². The summed E-state index contributed by atoms with van der Waals surface area (Å²) in [5.74, 6) is 0. The summed E-state index contributed by atoms with van der Waals surface area (Å²) >= 11 is 6.13. The summed E-state index contributed by atoms with van der Waals surface area (Å²) in [6.07, 6.45) is 5.42. The number of pyridine rings is 1. The smallest absolute Gasteiger partial charge is 0.0829 e. The Balaban J connectivity index is 2.31. The van der Waals surface area contributed by atoms with Crippen LogP contribution < -0.4 is 0 Å². The standard InChI is InChI=1S/C13H9ClN2/c14-11-9-15-7-5-13(11)16-8-6-10-3-1-2-4-12(10)16/h1-9H. The Bertz CT molecular complexity index is 643. The lowest BCUT2D eigenvalue weighted by molar-refractivity contribution is 1.11. The van der Waals surface area contributed by atoms with Crippen LogP contribution in [0, 0.1) is 0 Å². The highest BCUT2D eigenvalue weighted by Crippen LogP contribution is 2.24. The van der Waals surface area contributed by atoms with E-state index in [0.29, 0.717) is 5.02 Å². The van der Waals surface area contributed by atoms with Crippen molar-refractivity contribution in [2.45, 2.75) is 0 Å². The first kappa shape index (κ1) is 9.43. The van der Waals surface area contributed by atoms with Gasteiger partial charge in [-0.2, -0.15) is 0 Å². The van der Waals surface area contributed by atoms with Gasteiger partial charge in [0.2, 0.25) is 0 Å². The molecule has 0 aliphatic carbocycles. The fourth-order valence-corrected chi connectivity index (χ4v) is 2.07. The molecule has 0 atom stereocenters. The predicted molar refractivity (Wildman–Crippen MR) is 66.1 cm³/mol. The van der Waals surface area contributed by atoms with E-state index in [4.69, 9.17) is 11.6 Å². The molecule has 1 aromatic carbocycles. The maximum absolute atomic E-state index is 6.13. The maximum atomic E-state index is 6.13. The third-order valence-corrected chi connectivity index (χ3v) is 2.90. The first-order chi connectivity index (χ1) is 7.86. The van der Waals surface area contributed by atoms with Gasteiger partial charge in [-0.25, -0.2) is 0 Å². The number of aromatic nitrogens is 2. The van der Waals surface area contributed by atoms with Crippen LogP contribution in [-0.2, 0) is 0 Å². The number of halogens is 1. The average molecular weight is 229 g/mol. The minimum Gasteiger partial charge on any atom is -0.315 e. The molecule has 0 unspecified atom stereocenters. The van der Waals surface area contributed by atoms with Crippen LogP contribution in [0.2, 0.25) is 5.02 Å². The van der Waals surface area contributed by atoms with Gasteiger partial charge >= 0.3 is 0 Å². The minimum atomic E-state index is 0.656. The molecule has 0 aliphatic rings. The molecular formula is C13H9ClN2. The highest BCUT2D eigenvalue weighted by molar-refractivity contribution is 6.32. The lowest BCUT2D eigenvalue weighted by Gasteiger charge is -2.06. The summed E-state index contributed by atoms with van der Waals surface area (Å²) in [6.45, 7) is 0. The van der Waals surface area contributed by atoms with Crippen molar-refractivity contribution in [1.29, 1.82) is 0 Å². The average Bonchev–Trinajstić information content (AvgIpc) is 2.74. The summed E-state index contributed by atoms with van der Waals surface area (Å²) in [5, 5.41) is 1.86. The zero-order valence-corrected chi connectivity index (χ0v) is 9.22. The molecule has 16 heavy (non-hydrogen) atoms. The Morgan fingerprint density at radius 1 is 1.06 bits per heavy atom. The van der Waals surface area contributed by atoms with Crippen molar-refractivity contribution < 1.29 is 0 Å². The lowest BCUT2D eigenvalue weighted by Crippen LogP contribution is -1.92. The molecule has 3 heteroatoms. The van der Waals surface area contributed by atoms with Crippen LogP contribution >= 0.6 is 11.6 Å². The predicted octanol–water partition coefficient (Wildman–Crippen LogP) is 3.68. The summed E-state index contributed by atoms with van der Waals surface area (Å²) in [5.41, 5.74) is 2.11. The number of nitrogens with zero attached hydrogens (tertiary/aromatic N) is 2. The zero-order valence-electron chi connectivity index (χ0n) is 8.47. The highest BCUT2D eigenvalue weighted by Gasteiger charge is 2.05. The van der Waals surface area contributed by atoms with Crippen molar-refractivity contribution in [1.82, 2.24) is 9.55 Å². The number of hydrogen-bond donors (Lipinski definition) is 0. The molecular weight excluding hydrogens is 220 g/mol. The van der Waals surface area contributed by atoms with Crippen LogP contribution in [0.25, 0.3) is 16.6 Å². The third kappa shape index (κ3) is 1.39. The highest BCUT2D eigenvalue weighted by atomic mass is 35.5. The molecule has 0 N–H and O–H groups in total. The quantitative estimate of drug-likeness (QED) is 0.621. The number of fused-ring (bicyclic) bond motifs is 1. The molecule has 3 aromatic rings. The summed E-state index contributed by atoms with van der Waals surface area (Å²) in [6, 6.07) is 12.2. The van der Waals surface area contributed by atoms with E-state index in [1.807, 2.05) is 24.4 Å². The molecule has 0 amide bonds. The van der Waals surface area contributed by atoms with Gasteiger partial charge in [0, 0.05) is 18.6 Å². The summed E-state index contributed by atoms with van der Waals surface area (Å²) in [4.78, 5) is 3.99. The van der Waals surface area contributed by atoms with Crippen LogP contribution in [0.1, 0.15) is 0 Å². The van der Waals surface area contributed by atoms with E-state index < -0.39 is 0 Å². The number of benzene rings is 1. The second kappa shape index (κ2) is 3.65. The van der Waals surface area contributed by atoms with Crippen LogP contribution in [0.4, 0.5) is 0 Å². The van der Waals surface area contributed by atoms with E-state index in [1.165, 1.54) is 5.39 Å². The van der Waals surface area contributed by atoms with Gasteiger partial charge in [-0.05, 0) is 23.6 Å². The van der Waals surface area contributed by atoms with Gasteiger partial charge in [-0.3, -0.25) is 4.98 Å². The van der Waals surface area contributed by atoms with Gasteiger partial charge in [-0.15, -0.1) is 0 Å². The second-order valence-electron chi connectivity index (χ2n) is 3.57. The van der Waals surface area contributed by atoms with Gasteiger partial charge in [0.1, 0.15) is 0 Å². The molecule has 0 saturated heterocycles. The first-order valence-corrected chi connectivity index (χ1v) is 5.40. The maximum Gasteiger partial charge on any atom is 0.0829 e. The Morgan fingerprint density at radius 2 is 1.94 bits per heavy atom. The van der Waals surface area contributed by atoms with Gasteiger partial charge in [0.05, 0.1) is 16.2 Å². The lowest BCUT2D eigenvalue weighted by atomic mass is 10.2. The fourth-order valence-electron chi connectivity index (χ4n) is 1.86. The molecule has 3 rings (SSSR count). The number of hydrogen-bond acceptors (Lipinski definition) is 1. The Kier molecular flexibility index (Phi) is 2.15. The molecule has 0 spiro atoms. The second-order valence-corrected chi connectivity index (χ2v) is 3.98. The van der Waals surface area contributed by atoms with Gasteiger partial charge in [-0.1, -0.05) is 29.8 Å². The minimum absolute atomic E-state index is 0.656. The summed E-state index contributed by atoms with van der Waals surface area (Å²) < 4.78 is 2.07. The number of rotatable bonds is 1. The van der Waals surface area contributed by atoms with E-state index in [2.05, 4.69) is 27.8 Å². The molecule has 0 radical (unpaired) electrons. The molecule has 2 aromatic heterocycles. The molecule has 78 valence electrons. The van der Waals surface area contributed by atoms with Crippen molar-refractivity contribution in [2.75, 3.05) is 0 Å². The summed E-state index contributed by atoms with van der Waals surface area (Å²) in [7, 11) is 0. The Morgan fingerprint density at radius 3 is 2.81 bits per heavy atom. The Labute approximate surface area is 98.1 Å². The first-order valence-electron chi connectivity index (χ1n) is 5.02. The van der Waals surface area contributed by atoms with E-state index >= 15 is 0 Å². The SMILES string of the molecule is Clc1cnccc1-n1ccc2ccccc21. The van der Waals surface area contributed by atoms with Crippen LogP contribution in [0.5, 0.6) is 0 Å². The van der Waals surface area contributed by atoms with Gasteiger partial charge in [0.25, 0.3) is 0 Å². The topological polar surface area (TPSA) is 17.8 Å². The molecule has 0 bridgehead atoms. The molecule has 0 aliphatic heterocycles.